The maximum Gasteiger partial charge on any atom is 0.245 e. The smallest absolute Gasteiger partial charge is 0.245 e. The van der Waals surface area contributed by atoms with E-state index in [0.717, 1.165) is 31.1 Å². The molecule has 2 aromatic rings. The van der Waals surface area contributed by atoms with Gasteiger partial charge in [-0.15, -0.1) is 5.10 Å². The van der Waals surface area contributed by atoms with Gasteiger partial charge < -0.3 is 15.0 Å². The van der Waals surface area contributed by atoms with Crippen molar-refractivity contribution in [3.8, 4) is 17.3 Å². The van der Waals surface area contributed by atoms with Crippen molar-refractivity contribution in [1.82, 2.24) is 25.5 Å². The van der Waals surface area contributed by atoms with Crippen LogP contribution in [0.5, 0.6) is 5.88 Å². The Kier molecular flexibility index (Phi) is 3.51. The molecule has 2 aromatic heterocycles. The van der Waals surface area contributed by atoms with Gasteiger partial charge in [-0.05, 0) is 19.1 Å². The van der Waals surface area contributed by atoms with Crippen molar-refractivity contribution in [2.75, 3.05) is 31.6 Å². The molecule has 7 nitrogen and oxygen atoms in total. The van der Waals surface area contributed by atoms with Crippen LogP contribution >= 0.6 is 0 Å². The Balaban J connectivity index is 1.86. The number of nitrogens with one attached hydrogen (secondary N) is 2. The molecule has 3 heterocycles. The molecule has 1 saturated heterocycles. The van der Waals surface area contributed by atoms with E-state index < -0.39 is 0 Å². The van der Waals surface area contributed by atoms with Gasteiger partial charge in [0, 0.05) is 31.9 Å². The van der Waals surface area contributed by atoms with Crippen LogP contribution in [0.1, 0.15) is 6.92 Å². The number of rotatable bonds is 3. The van der Waals surface area contributed by atoms with Crippen LogP contribution in [0.2, 0.25) is 0 Å². The van der Waals surface area contributed by atoms with Gasteiger partial charge in [0.25, 0.3) is 0 Å². The molecule has 0 aliphatic carbocycles. The lowest BCUT2D eigenvalue weighted by Gasteiger charge is -2.30. The van der Waals surface area contributed by atoms with E-state index in [1.165, 1.54) is 0 Å². The third-order valence-electron chi connectivity index (χ3n) is 3.34. The molecule has 1 aliphatic heterocycles. The Morgan fingerprint density at radius 3 is 3.15 bits per heavy atom. The summed E-state index contributed by atoms with van der Waals surface area (Å²) in [5.74, 6) is 1.94. The fourth-order valence-corrected chi connectivity index (χ4v) is 2.36. The Bertz CT molecular complexity index is 584. The maximum atomic E-state index is 5.25. The fourth-order valence-electron chi connectivity index (χ4n) is 2.36. The number of aromatic nitrogens is 4. The summed E-state index contributed by atoms with van der Waals surface area (Å²) in [6.45, 7) is 4.92. The predicted molar refractivity (Wildman–Crippen MR) is 75.8 cm³/mol. The Labute approximate surface area is 117 Å². The normalized spacial score (nSPS) is 19.1. The molecule has 0 amide bonds. The summed E-state index contributed by atoms with van der Waals surface area (Å²) in [5.41, 5.74) is 0.817. The van der Waals surface area contributed by atoms with Gasteiger partial charge in [0.15, 0.2) is 5.82 Å². The number of aromatic amines is 1. The minimum atomic E-state index is 0.443. The Morgan fingerprint density at radius 1 is 1.45 bits per heavy atom. The van der Waals surface area contributed by atoms with Crippen molar-refractivity contribution in [2.45, 2.75) is 13.0 Å². The molecule has 1 atom stereocenters. The van der Waals surface area contributed by atoms with Crippen LogP contribution in [0.25, 0.3) is 11.4 Å². The second-order valence-electron chi connectivity index (χ2n) is 4.85. The van der Waals surface area contributed by atoms with Crippen LogP contribution in [0.3, 0.4) is 0 Å². The number of piperazine rings is 1. The number of pyridine rings is 1. The van der Waals surface area contributed by atoms with Crippen molar-refractivity contribution in [1.29, 1.82) is 0 Å². The molecule has 3 rings (SSSR count). The monoisotopic (exact) mass is 274 g/mol. The van der Waals surface area contributed by atoms with Gasteiger partial charge in [-0.25, -0.2) is 4.98 Å². The molecule has 0 radical (unpaired) electrons. The molecule has 7 heteroatoms. The highest BCUT2D eigenvalue weighted by molar-refractivity contribution is 5.62. The van der Waals surface area contributed by atoms with Crippen molar-refractivity contribution in [2.24, 2.45) is 0 Å². The molecule has 106 valence electrons. The van der Waals surface area contributed by atoms with Gasteiger partial charge in [-0.2, -0.15) is 4.98 Å². The first kappa shape index (κ1) is 12.9. The second kappa shape index (κ2) is 5.46. The average Bonchev–Trinajstić information content (AvgIpc) is 2.97. The summed E-state index contributed by atoms with van der Waals surface area (Å²) in [6, 6.07) is 4.21. The zero-order valence-electron chi connectivity index (χ0n) is 11.6. The lowest BCUT2D eigenvalue weighted by molar-refractivity contribution is 0.399. The lowest BCUT2D eigenvalue weighted by Crippen LogP contribution is -2.49. The minimum absolute atomic E-state index is 0.443. The van der Waals surface area contributed by atoms with E-state index in [0.29, 0.717) is 17.7 Å². The van der Waals surface area contributed by atoms with Crippen LogP contribution in [-0.2, 0) is 0 Å². The van der Waals surface area contributed by atoms with E-state index in [1.807, 2.05) is 12.1 Å². The quantitative estimate of drug-likeness (QED) is 0.856. The molecule has 2 N–H and O–H groups in total. The summed E-state index contributed by atoms with van der Waals surface area (Å²) in [4.78, 5) is 10.9. The number of hydrogen-bond donors (Lipinski definition) is 2. The number of H-pyrrole nitrogens is 1. The highest BCUT2D eigenvalue weighted by atomic mass is 16.5. The predicted octanol–water partition coefficient (Wildman–Crippen LogP) is 0.673. The van der Waals surface area contributed by atoms with Crippen LogP contribution in [0.15, 0.2) is 18.3 Å². The van der Waals surface area contributed by atoms with Gasteiger partial charge >= 0.3 is 0 Å². The SMILES string of the molecule is COc1ncccc1-c1nc(N2CCNC(C)C2)n[nH]1. The number of methoxy groups -OCH3 is 1. The van der Waals surface area contributed by atoms with Gasteiger partial charge in [0.05, 0.1) is 12.7 Å². The molecule has 0 saturated carbocycles. The summed E-state index contributed by atoms with van der Waals surface area (Å²) >= 11 is 0. The highest BCUT2D eigenvalue weighted by Crippen LogP contribution is 2.25. The van der Waals surface area contributed by atoms with E-state index in [4.69, 9.17) is 4.74 Å². The van der Waals surface area contributed by atoms with E-state index in [1.54, 1.807) is 13.3 Å². The molecule has 0 aromatic carbocycles. The van der Waals surface area contributed by atoms with Crippen LogP contribution in [0.4, 0.5) is 5.95 Å². The lowest BCUT2D eigenvalue weighted by atomic mass is 10.2. The zero-order valence-corrected chi connectivity index (χ0v) is 11.6. The van der Waals surface area contributed by atoms with Crippen LogP contribution in [-0.4, -0.2) is 53.0 Å². The van der Waals surface area contributed by atoms with Crippen molar-refractivity contribution < 1.29 is 4.74 Å². The summed E-state index contributed by atoms with van der Waals surface area (Å²) < 4.78 is 5.25. The van der Waals surface area contributed by atoms with Crippen LogP contribution < -0.4 is 15.0 Å². The summed E-state index contributed by atoms with van der Waals surface area (Å²) in [6.07, 6.45) is 1.69. The highest BCUT2D eigenvalue weighted by Gasteiger charge is 2.20. The van der Waals surface area contributed by atoms with E-state index in [-0.39, 0.29) is 0 Å². The Morgan fingerprint density at radius 2 is 2.35 bits per heavy atom. The third-order valence-corrected chi connectivity index (χ3v) is 3.34. The minimum Gasteiger partial charge on any atom is -0.480 e. The van der Waals surface area contributed by atoms with Gasteiger partial charge in [-0.1, -0.05) is 0 Å². The van der Waals surface area contributed by atoms with E-state index >= 15 is 0 Å². The molecular formula is C13H18N6O. The molecule has 1 aliphatic rings. The first-order valence-electron chi connectivity index (χ1n) is 6.68. The number of ether oxygens (including phenoxy) is 1. The maximum absolute atomic E-state index is 5.25. The molecule has 20 heavy (non-hydrogen) atoms. The first-order chi connectivity index (χ1) is 9.78. The standard InChI is InChI=1S/C13H18N6O/c1-9-8-19(7-6-14-9)13-16-11(17-18-13)10-4-3-5-15-12(10)20-2/h3-5,9,14H,6-8H2,1-2H3,(H,16,17,18). The zero-order chi connectivity index (χ0) is 13.9. The topological polar surface area (TPSA) is 79.0 Å². The van der Waals surface area contributed by atoms with Crippen molar-refractivity contribution >= 4 is 5.95 Å². The molecule has 1 fully saturated rings. The van der Waals surface area contributed by atoms with Gasteiger partial charge in [-0.3, -0.25) is 5.10 Å². The van der Waals surface area contributed by atoms with Gasteiger partial charge in [0.1, 0.15) is 0 Å². The van der Waals surface area contributed by atoms with E-state index in [9.17, 15) is 0 Å². The number of anilines is 1. The molecule has 1 unspecified atom stereocenters. The fraction of sp³-hybridized carbons (Fsp3) is 0.462. The summed E-state index contributed by atoms with van der Waals surface area (Å²) in [7, 11) is 1.60. The van der Waals surface area contributed by atoms with E-state index in [2.05, 4.69) is 37.3 Å². The molecular weight excluding hydrogens is 256 g/mol. The van der Waals surface area contributed by atoms with Crippen molar-refractivity contribution in [3.05, 3.63) is 18.3 Å². The molecule has 0 bridgehead atoms. The number of hydrogen-bond acceptors (Lipinski definition) is 6. The van der Waals surface area contributed by atoms with Crippen molar-refractivity contribution in [3.63, 3.8) is 0 Å². The third kappa shape index (κ3) is 2.44. The summed E-state index contributed by atoms with van der Waals surface area (Å²) in [5, 5.41) is 10.7. The largest absolute Gasteiger partial charge is 0.480 e. The second-order valence-corrected chi connectivity index (χ2v) is 4.85. The van der Waals surface area contributed by atoms with Gasteiger partial charge in [0.2, 0.25) is 11.8 Å². The number of nitrogens with zero attached hydrogens (tertiary/aromatic N) is 4. The first-order valence-corrected chi connectivity index (χ1v) is 6.68. The molecule has 0 spiro atoms. The average molecular weight is 274 g/mol. The van der Waals surface area contributed by atoms with Crippen LogP contribution in [0, 0.1) is 0 Å². The Hall–Kier alpha value is -2.15.